The van der Waals surface area contributed by atoms with Gasteiger partial charge in [-0.3, -0.25) is 4.79 Å². The number of benzene rings is 2. The lowest BCUT2D eigenvalue weighted by atomic mass is 10.1. The Labute approximate surface area is 132 Å². The molecule has 0 aliphatic rings. The van der Waals surface area contributed by atoms with Crippen LogP contribution in [0.4, 0.5) is 8.78 Å². The number of hydrogen-bond donors (Lipinski definition) is 0. The van der Waals surface area contributed by atoms with E-state index >= 15 is 0 Å². The highest BCUT2D eigenvalue weighted by molar-refractivity contribution is 6.09. The summed E-state index contributed by atoms with van der Waals surface area (Å²) < 4.78 is 34.4. The molecular formula is C18H15F2NO2. The number of aromatic nitrogens is 1. The maximum atomic E-state index is 13.9. The van der Waals surface area contributed by atoms with Crippen LogP contribution in [0.25, 0.3) is 10.9 Å². The number of methoxy groups -OCH3 is 1. The molecule has 3 rings (SSSR count). The van der Waals surface area contributed by atoms with Crippen molar-refractivity contribution in [2.45, 2.75) is 13.5 Å². The number of hydrogen-bond acceptors (Lipinski definition) is 2. The predicted molar refractivity (Wildman–Crippen MR) is 84.0 cm³/mol. The summed E-state index contributed by atoms with van der Waals surface area (Å²) in [5, 5.41) is 0.680. The number of rotatable bonds is 4. The van der Waals surface area contributed by atoms with Crippen LogP contribution in [0.5, 0.6) is 5.75 Å². The van der Waals surface area contributed by atoms with E-state index in [1.54, 1.807) is 22.9 Å². The third-order valence-electron chi connectivity index (χ3n) is 3.84. The summed E-state index contributed by atoms with van der Waals surface area (Å²) in [5.74, 6) is -1.30. The van der Waals surface area contributed by atoms with Crippen molar-refractivity contribution in [1.29, 1.82) is 0 Å². The van der Waals surface area contributed by atoms with Crippen molar-refractivity contribution < 1.29 is 18.3 Å². The Morgan fingerprint density at radius 3 is 2.61 bits per heavy atom. The molecule has 2 aromatic carbocycles. The number of Topliss-reactive ketones (excluding diaryl/α,β-unsaturated/α-hetero) is 1. The molecule has 118 valence electrons. The van der Waals surface area contributed by atoms with Crippen LogP contribution < -0.4 is 4.74 Å². The molecular weight excluding hydrogens is 300 g/mol. The van der Waals surface area contributed by atoms with Gasteiger partial charge in [0.1, 0.15) is 5.75 Å². The van der Waals surface area contributed by atoms with Gasteiger partial charge in [0.15, 0.2) is 17.4 Å². The van der Waals surface area contributed by atoms with Crippen molar-refractivity contribution in [2.24, 2.45) is 0 Å². The smallest absolute Gasteiger partial charge is 0.163 e. The molecule has 0 spiro atoms. The molecule has 0 aliphatic carbocycles. The maximum absolute atomic E-state index is 13.9. The third-order valence-corrected chi connectivity index (χ3v) is 3.84. The van der Waals surface area contributed by atoms with E-state index in [9.17, 15) is 13.6 Å². The Hall–Kier alpha value is -2.69. The molecule has 1 aromatic heterocycles. The molecule has 0 fully saturated rings. The largest absolute Gasteiger partial charge is 0.496 e. The molecule has 23 heavy (non-hydrogen) atoms. The minimum atomic E-state index is -0.886. The fourth-order valence-electron chi connectivity index (χ4n) is 2.74. The van der Waals surface area contributed by atoms with E-state index in [2.05, 4.69) is 0 Å². The highest BCUT2D eigenvalue weighted by Gasteiger charge is 2.17. The number of halogens is 2. The second-order valence-corrected chi connectivity index (χ2v) is 5.29. The highest BCUT2D eigenvalue weighted by atomic mass is 19.2. The lowest BCUT2D eigenvalue weighted by Gasteiger charge is -2.08. The Bertz CT molecular complexity index is 899. The lowest BCUT2D eigenvalue weighted by Crippen LogP contribution is -2.02. The highest BCUT2D eigenvalue weighted by Crippen LogP contribution is 2.31. The minimum Gasteiger partial charge on any atom is -0.496 e. The van der Waals surface area contributed by atoms with Crippen molar-refractivity contribution in [3.8, 4) is 5.75 Å². The SMILES string of the molecule is COc1cccc2c1c(C(C)=O)cn2Cc1cccc(F)c1F. The number of ketones is 1. The van der Waals surface area contributed by atoms with Gasteiger partial charge in [-0.1, -0.05) is 18.2 Å². The topological polar surface area (TPSA) is 31.2 Å². The average Bonchev–Trinajstić information content (AvgIpc) is 2.91. The predicted octanol–water partition coefficient (Wildman–Crippen LogP) is 4.18. The van der Waals surface area contributed by atoms with Crippen LogP contribution in [0.1, 0.15) is 22.8 Å². The van der Waals surface area contributed by atoms with Gasteiger partial charge in [-0.25, -0.2) is 8.78 Å². The third kappa shape index (κ3) is 2.59. The van der Waals surface area contributed by atoms with Crippen molar-refractivity contribution >= 4 is 16.7 Å². The molecule has 0 unspecified atom stereocenters. The van der Waals surface area contributed by atoms with E-state index in [1.165, 1.54) is 26.2 Å². The Balaban J connectivity index is 2.19. The van der Waals surface area contributed by atoms with Crippen LogP contribution in [0.15, 0.2) is 42.6 Å². The van der Waals surface area contributed by atoms with Crippen molar-refractivity contribution in [1.82, 2.24) is 4.57 Å². The van der Waals surface area contributed by atoms with Crippen LogP contribution in [0, 0.1) is 11.6 Å². The summed E-state index contributed by atoms with van der Waals surface area (Å²) >= 11 is 0. The summed E-state index contributed by atoms with van der Waals surface area (Å²) in [4.78, 5) is 11.9. The van der Waals surface area contributed by atoms with Crippen molar-refractivity contribution in [3.63, 3.8) is 0 Å². The quantitative estimate of drug-likeness (QED) is 0.676. The first kappa shape index (κ1) is 15.2. The van der Waals surface area contributed by atoms with Gasteiger partial charge in [-0.2, -0.15) is 0 Å². The van der Waals surface area contributed by atoms with Gasteiger partial charge < -0.3 is 9.30 Å². The molecule has 0 bridgehead atoms. The zero-order chi connectivity index (χ0) is 16.6. The van der Waals surface area contributed by atoms with Crippen LogP contribution >= 0.6 is 0 Å². The molecule has 0 radical (unpaired) electrons. The summed E-state index contributed by atoms with van der Waals surface area (Å²) in [6.45, 7) is 1.59. The first-order valence-electron chi connectivity index (χ1n) is 7.12. The second-order valence-electron chi connectivity index (χ2n) is 5.29. The Morgan fingerprint density at radius 1 is 1.17 bits per heavy atom. The number of fused-ring (bicyclic) bond motifs is 1. The molecule has 3 aromatic rings. The van der Waals surface area contributed by atoms with Crippen LogP contribution in [-0.4, -0.2) is 17.5 Å². The molecule has 0 saturated carbocycles. The van der Waals surface area contributed by atoms with Crippen molar-refractivity contribution in [2.75, 3.05) is 7.11 Å². The van der Waals surface area contributed by atoms with E-state index in [4.69, 9.17) is 4.74 Å². The van der Waals surface area contributed by atoms with E-state index in [1.807, 2.05) is 6.07 Å². The molecule has 1 heterocycles. The standard InChI is InChI=1S/C18H15F2NO2/c1-11(22)13-10-21(9-12-5-3-6-14(19)18(12)20)15-7-4-8-16(23-2)17(13)15/h3-8,10H,9H2,1-2H3. The van der Waals surface area contributed by atoms with E-state index in [-0.39, 0.29) is 17.9 Å². The summed E-state index contributed by atoms with van der Waals surface area (Å²) in [5.41, 5.74) is 1.45. The zero-order valence-corrected chi connectivity index (χ0v) is 12.8. The maximum Gasteiger partial charge on any atom is 0.163 e. The second kappa shape index (κ2) is 5.83. The minimum absolute atomic E-state index is 0.113. The fraction of sp³-hybridized carbons (Fsp3) is 0.167. The van der Waals surface area contributed by atoms with E-state index in [0.29, 0.717) is 16.7 Å². The van der Waals surface area contributed by atoms with Crippen LogP contribution in [-0.2, 0) is 6.54 Å². The van der Waals surface area contributed by atoms with Crippen LogP contribution in [0.2, 0.25) is 0 Å². The van der Waals surface area contributed by atoms with Crippen molar-refractivity contribution in [3.05, 3.63) is 65.4 Å². The molecule has 0 amide bonds. The molecule has 5 heteroatoms. The van der Waals surface area contributed by atoms with Gasteiger partial charge in [0.2, 0.25) is 0 Å². The first-order valence-corrected chi connectivity index (χ1v) is 7.12. The Kier molecular flexibility index (Phi) is 3.86. The summed E-state index contributed by atoms with van der Waals surface area (Å²) in [7, 11) is 1.53. The molecule has 0 atom stereocenters. The van der Waals surface area contributed by atoms with Crippen LogP contribution in [0.3, 0.4) is 0 Å². The fourth-order valence-corrected chi connectivity index (χ4v) is 2.74. The number of nitrogens with zero attached hydrogens (tertiary/aromatic N) is 1. The summed E-state index contributed by atoms with van der Waals surface area (Å²) in [6.07, 6.45) is 1.65. The number of carbonyl (C=O) groups is 1. The van der Waals surface area contributed by atoms with Gasteiger partial charge in [0.25, 0.3) is 0 Å². The number of carbonyl (C=O) groups excluding carboxylic acids is 1. The van der Waals surface area contributed by atoms with Gasteiger partial charge in [0.05, 0.1) is 24.6 Å². The monoisotopic (exact) mass is 315 g/mol. The molecule has 0 aliphatic heterocycles. The first-order chi connectivity index (χ1) is 11.0. The molecule has 0 saturated heterocycles. The van der Waals surface area contributed by atoms with Gasteiger partial charge in [-0.15, -0.1) is 0 Å². The number of ether oxygens (including phenoxy) is 1. The lowest BCUT2D eigenvalue weighted by molar-refractivity contribution is 0.101. The van der Waals surface area contributed by atoms with Gasteiger partial charge in [-0.05, 0) is 25.1 Å². The van der Waals surface area contributed by atoms with Gasteiger partial charge >= 0.3 is 0 Å². The van der Waals surface area contributed by atoms with E-state index < -0.39 is 11.6 Å². The Morgan fingerprint density at radius 2 is 1.91 bits per heavy atom. The zero-order valence-electron chi connectivity index (χ0n) is 12.8. The molecule has 0 N–H and O–H groups in total. The van der Waals surface area contributed by atoms with Gasteiger partial charge in [0, 0.05) is 17.3 Å². The molecule has 3 nitrogen and oxygen atoms in total. The van der Waals surface area contributed by atoms with E-state index in [0.717, 1.165) is 11.6 Å². The average molecular weight is 315 g/mol. The summed E-state index contributed by atoms with van der Waals surface area (Å²) in [6, 6.07) is 9.45. The normalized spacial score (nSPS) is 11.0.